The molecule has 5 fully saturated rings. The van der Waals surface area contributed by atoms with E-state index >= 15 is 0 Å². The van der Waals surface area contributed by atoms with Crippen LogP contribution in [0.4, 0.5) is 0 Å². The second kappa shape index (κ2) is 29.4. The summed E-state index contributed by atoms with van der Waals surface area (Å²) >= 11 is 0. The van der Waals surface area contributed by atoms with Crippen LogP contribution in [0.5, 0.6) is 11.5 Å². The number of amides is 3. The third-order valence-electron chi connectivity index (χ3n) is 16.6. The Morgan fingerprint density at radius 2 is 1.26 bits per heavy atom. The van der Waals surface area contributed by atoms with Gasteiger partial charge in [-0.2, -0.15) is 5.10 Å². The van der Waals surface area contributed by atoms with Gasteiger partial charge in [-0.3, -0.25) is 38.7 Å². The summed E-state index contributed by atoms with van der Waals surface area (Å²) in [5.74, 6) is -1.50. The molecule has 0 atom stereocenters. The van der Waals surface area contributed by atoms with E-state index in [1.165, 1.54) is 0 Å². The largest absolute Gasteiger partial charge is 0.512 e. The lowest BCUT2D eigenvalue weighted by molar-refractivity contribution is -0.163. The molecule has 5 N–H and O–H groups in total. The molecule has 1 saturated heterocycles. The maximum Gasteiger partial charge on any atom is 0.330 e. The number of carbonyl (C=O) groups is 6. The highest BCUT2D eigenvalue weighted by molar-refractivity contribution is 5.98. The standard InChI is InChI=1S/C43H58N6O7.C16H30N4O5/c1-27(2)33-24-30(41(52)48(5)18-10-16-46(3)15-9-17-47(4)26-50)13-14-35(33)49-36(39-37(55-6)11-8-12-38(39)56-7)25-34(45-49)40(51)44-43(42(53)54)31-20-28-19-29(22-31)23-32(43)21-28;1-14(21)11-18-5-3-17(2)4-6-19(12-15(22)23)9-10-20(8-7-18)13-16(24)25/h8,11-14,24-29,31-32H,9-10,15-23H2,1-7H3,(H,44,51)(H,53,54);21H,1,3-13H2,2H3,(H,22,23)(H,24,25). The molecule has 0 radical (unpaired) electrons. The van der Waals surface area contributed by atoms with Crippen molar-refractivity contribution in [2.24, 2.45) is 23.7 Å². The van der Waals surface area contributed by atoms with Crippen LogP contribution < -0.4 is 14.8 Å². The van der Waals surface area contributed by atoms with Gasteiger partial charge in [0.15, 0.2) is 5.69 Å². The zero-order valence-corrected chi connectivity index (χ0v) is 48.8. The second-order valence-electron chi connectivity index (χ2n) is 23.0. The molecule has 446 valence electrons. The molecule has 22 heteroatoms. The van der Waals surface area contributed by atoms with Gasteiger partial charge in [-0.25, -0.2) is 9.48 Å². The smallest absolute Gasteiger partial charge is 0.330 e. The topological polar surface area (TPSA) is 254 Å². The number of aliphatic hydroxyl groups is 1. The molecule has 22 nitrogen and oxygen atoms in total. The summed E-state index contributed by atoms with van der Waals surface area (Å²) in [6.45, 7) is 15.7. The predicted octanol–water partition coefficient (Wildman–Crippen LogP) is 4.64. The van der Waals surface area contributed by atoms with E-state index in [2.05, 4.69) is 21.7 Å². The quantitative estimate of drug-likeness (QED) is 0.0605. The van der Waals surface area contributed by atoms with Crippen LogP contribution in [0.2, 0.25) is 0 Å². The number of hydrogen-bond acceptors (Lipinski definition) is 15. The van der Waals surface area contributed by atoms with Crippen LogP contribution in [-0.4, -0.2) is 247 Å². The lowest BCUT2D eigenvalue weighted by atomic mass is 9.48. The number of benzene rings is 2. The van der Waals surface area contributed by atoms with E-state index in [0.717, 1.165) is 89.6 Å². The number of aliphatic hydroxyl groups excluding tert-OH is 1. The summed E-state index contributed by atoms with van der Waals surface area (Å²) in [7, 11) is 10.7. The van der Waals surface area contributed by atoms with E-state index in [1.54, 1.807) is 52.8 Å². The molecule has 81 heavy (non-hydrogen) atoms. The molecule has 1 aliphatic heterocycles. The number of likely N-dealkylation sites (N-methyl/N-ethyl adjacent to an activating group) is 1. The molecule has 1 aromatic heterocycles. The number of nitrogens with one attached hydrogen (secondary N) is 1. The normalized spacial score (nSPS) is 21.8. The Morgan fingerprint density at radius 3 is 1.74 bits per heavy atom. The van der Waals surface area contributed by atoms with Crippen LogP contribution in [0.25, 0.3) is 16.9 Å². The zero-order chi connectivity index (χ0) is 59.1. The zero-order valence-electron chi connectivity index (χ0n) is 48.8. The van der Waals surface area contributed by atoms with Crippen LogP contribution in [0.15, 0.2) is 54.8 Å². The molecule has 3 amide bonds. The molecule has 2 aromatic carbocycles. The van der Waals surface area contributed by atoms with Crippen LogP contribution >= 0.6 is 0 Å². The van der Waals surface area contributed by atoms with Crippen LogP contribution in [0.3, 0.4) is 0 Å². The summed E-state index contributed by atoms with van der Waals surface area (Å²) < 4.78 is 13.3. The van der Waals surface area contributed by atoms with Crippen LogP contribution in [-0.2, 0) is 19.2 Å². The summed E-state index contributed by atoms with van der Waals surface area (Å²) in [5, 5.41) is 46.3. The number of carboxylic acids is 3. The first kappa shape index (κ1) is 63.6. The number of ether oxygens (including phenoxy) is 2. The maximum atomic E-state index is 14.4. The highest BCUT2D eigenvalue weighted by Crippen LogP contribution is 2.58. The van der Waals surface area contributed by atoms with Crippen molar-refractivity contribution in [1.29, 1.82) is 0 Å². The Balaban J connectivity index is 0.000000355. The Kier molecular flexibility index (Phi) is 23.1. The molecule has 3 aromatic rings. The number of hydrogen-bond donors (Lipinski definition) is 5. The summed E-state index contributed by atoms with van der Waals surface area (Å²) in [6, 6.07) is 12.7. The Bertz CT molecular complexity index is 2580. The summed E-state index contributed by atoms with van der Waals surface area (Å²) in [6.07, 6.45) is 6.92. The van der Waals surface area contributed by atoms with Crippen molar-refractivity contribution in [3.8, 4) is 28.4 Å². The average molecular weight is 1130 g/mol. The lowest BCUT2D eigenvalue weighted by Crippen LogP contribution is -2.70. The lowest BCUT2D eigenvalue weighted by Gasteiger charge is -2.59. The maximum absolute atomic E-state index is 14.4. The fourth-order valence-corrected chi connectivity index (χ4v) is 12.5. The van der Waals surface area contributed by atoms with E-state index in [1.807, 2.05) is 75.1 Å². The van der Waals surface area contributed by atoms with Gasteiger partial charge in [0.25, 0.3) is 11.8 Å². The van der Waals surface area contributed by atoms with Crippen molar-refractivity contribution in [3.05, 3.63) is 71.6 Å². The third-order valence-corrected chi connectivity index (χ3v) is 16.6. The van der Waals surface area contributed by atoms with Crippen molar-refractivity contribution in [3.63, 3.8) is 0 Å². The van der Waals surface area contributed by atoms with E-state index < -0.39 is 29.4 Å². The molecule has 4 bridgehead atoms. The Morgan fingerprint density at radius 1 is 0.741 bits per heavy atom. The van der Waals surface area contributed by atoms with E-state index in [0.29, 0.717) is 98.2 Å². The molecule has 4 saturated carbocycles. The number of nitrogens with zero attached hydrogens (tertiary/aromatic N) is 9. The van der Waals surface area contributed by atoms with Crippen LogP contribution in [0.1, 0.15) is 91.1 Å². The van der Waals surface area contributed by atoms with E-state index in [4.69, 9.17) is 24.8 Å². The van der Waals surface area contributed by atoms with Gasteiger partial charge in [-0.1, -0.05) is 26.5 Å². The molecule has 0 spiro atoms. The van der Waals surface area contributed by atoms with Crippen LogP contribution in [0, 0.1) is 23.7 Å². The number of aliphatic carboxylic acids is 3. The van der Waals surface area contributed by atoms with Gasteiger partial charge >= 0.3 is 17.9 Å². The van der Waals surface area contributed by atoms with Gasteiger partial charge in [-0.15, -0.1) is 0 Å². The molecular weight excluding hydrogens is 1040 g/mol. The fraction of sp³-hybridized carbons (Fsp3) is 0.610. The van der Waals surface area contributed by atoms with Gasteiger partial charge in [0.2, 0.25) is 6.41 Å². The summed E-state index contributed by atoms with van der Waals surface area (Å²) in [4.78, 5) is 87.6. The number of carbonyl (C=O) groups excluding carboxylic acids is 3. The Labute approximate surface area is 477 Å². The van der Waals surface area contributed by atoms with Gasteiger partial charge in [0, 0.05) is 85.1 Å². The molecular formula is C59H88N10O12. The number of rotatable bonds is 24. The number of aromatic nitrogens is 2. The molecule has 4 aliphatic carbocycles. The van der Waals surface area contributed by atoms with Gasteiger partial charge in [0.05, 0.1) is 56.6 Å². The first-order chi connectivity index (χ1) is 38.6. The Hall–Kier alpha value is -6.59. The van der Waals surface area contributed by atoms with Gasteiger partial charge in [0.1, 0.15) is 17.0 Å². The minimum atomic E-state index is -1.34. The first-order valence-corrected chi connectivity index (χ1v) is 28.3. The highest BCUT2D eigenvalue weighted by Gasteiger charge is 2.62. The minimum Gasteiger partial charge on any atom is -0.512 e. The van der Waals surface area contributed by atoms with Crippen molar-refractivity contribution >= 4 is 36.1 Å². The molecule has 8 rings (SSSR count). The first-order valence-electron chi connectivity index (χ1n) is 28.3. The second-order valence-corrected chi connectivity index (χ2v) is 23.0. The number of carboxylic acid groups (broad SMARTS) is 3. The summed E-state index contributed by atoms with van der Waals surface area (Å²) in [5.41, 5.74) is 1.91. The molecule has 0 unspecified atom stereocenters. The van der Waals surface area contributed by atoms with Crippen molar-refractivity contribution in [1.82, 2.24) is 49.4 Å². The van der Waals surface area contributed by atoms with Crippen molar-refractivity contribution in [2.75, 3.05) is 141 Å². The van der Waals surface area contributed by atoms with E-state index in [9.17, 15) is 39.0 Å². The van der Waals surface area contributed by atoms with Crippen molar-refractivity contribution < 1.29 is 58.7 Å². The SMILES string of the molecule is C=C(O)CN1CCN(C)CCN(CC(=O)O)CCN(CC(=O)O)CC1.COc1cccc(OC)c1-c1cc(C(=O)NC2(C(=O)O)C3CC4CC(C3)CC2C4)nn1-c1ccc(C(=O)N(C)CCCN(C)CCCN(C)C=O)cc1C(C)C. The fourth-order valence-electron chi connectivity index (χ4n) is 12.5. The van der Waals surface area contributed by atoms with Crippen molar-refractivity contribution in [2.45, 2.75) is 70.3 Å². The average Bonchev–Trinajstić information content (AvgIpc) is 4.08. The number of methoxy groups -OCH3 is 2. The van der Waals surface area contributed by atoms with Gasteiger partial charge < -0.3 is 54.8 Å². The highest BCUT2D eigenvalue weighted by atomic mass is 16.5. The molecule has 5 aliphatic rings. The van der Waals surface area contributed by atoms with E-state index in [-0.39, 0.29) is 48.2 Å². The minimum absolute atomic E-state index is 0.0350. The third kappa shape index (κ3) is 16.8. The molecule has 2 heterocycles. The monoisotopic (exact) mass is 1130 g/mol. The van der Waals surface area contributed by atoms with Gasteiger partial charge in [-0.05, 0) is 144 Å². The predicted molar refractivity (Wildman–Crippen MR) is 307 cm³/mol.